The number of nitrogens with one attached hydrogen (secondary N) is 1. The summed E-state index contributed by atoms with van der Waals surface area (Å²) in [4.78, 5) is 26.6. The van der Waals surface area contributed by atoms with Crippen molar-refractivity contribution < 1.29 is 62.1 Å². The van der Waals surface area contributed by atoms with Crippen molar-refractivity contribution in [1.82, 2.24) is 5.32 Å². The predicted octanol–water partition coefficient (Wildman–Crippen LogP) is 5.00. The number of hydrogen-bond donors (Lipinski definition) is 2. The van der Waals surface area contributed by atoms with E-state index in [0.717, 1.165) is 49.7 Å². The third kappa shape index (κ3) is 8.71. The van der Waals surface area contributed by atoms with Crippen molar-refractivity contribution in [3.05, 3.63) is 24.3 Å². The molecule has 0 aliphatic carbocycles. The average molecular weight is 830 g/mol. The van der Waals surface area contributed by atoms with E-state index in [1.54, 1.807) is 27.9 Å². The number of amides is 1. The molecule has 0 aromatic rings. The Balaban J connectivity index is 0.955. The van der Waals surface area contributed by atoms with Crippen LogP contribution in [0.3, 0.4) is 0 Å². The Morgan fingerprint density at radius 2 is 1.56 bits per heavy atom. The van der Waals surface area contributed by atoms with E-state index in [1.807, 2.05) is 0 Å². The average Bonchev–Trinajstić information content (AvgIpc) is 3.85. The maximum Gasteiger partial charge on any atom is 0.407 e. The minimum Gasteiger partial charge on any atom is -0.444 e. The molecule has 10 aliphatic heterocycles. The Kier molecular flexibility index (Phi) is 11.9. The maximum absolute atomic E-state index is 14.2. The van der Waals surface area contributed by atoms with Gasteiger partial charge in [-0.15, -0.1) is 0 Å². The number of rotatable bonds is 5. The topological polar surface area (TPSA) is 159 Å². The molecule has 12 bridgehead atoms. The summed E-state index contributed by atoms with van der Waals surface area (Å²) >= 11 is 0. The molecule has 14 heteroatoms. The molecular weight excluding hydrogens is 762 g/mol. The SMILES string of the molecule is C=C1CC2CCC34CC5OC6C(OC7CCC(CC(=O)CC8C(CC9OC(CCC1O2)CC(C)C9=C)OC(CC(O)CNC(=O)OC(C)(C)C)C8OC)OC7C6O3)C5O4. The van der Waals surface area contributed by atoms with Gasteiger partial charge in [0.1, 0.15) is 41.9 Å². The molecule has 19 atom stereocenters. The standard InChI is InChI=1S/C45H67NO13/c1-22-14-27-8-10-31-23(2)15-29(51-31)12-13-45-20-36-39(57-45)40-41(56-36)42(58-45)38-32(55-40)11-9-28(53-38)16-25(47)17-30-34(19-33(52-27)24(22)3)54-35(37(30)50-7)18-26(48)21-46-43(49)59-44(4,5)6/h22,26-42,48H,2-3,8-21H2,1,4-7H3,(H,46,49). The van der Waals surface area contributed by atoms with Gasteiger partial charge in [0.25, 0.3) is 0 Å². The van der Waals surface area contributed by atoms with E-state index >= 15 is 0 Å². The molecule has 0 radical (unpaired) electrons. The quantitative estimate of drug-likeness (QED) is 0.357. The molecule has 10 fully saturated rings. The zero-order valence-electron chi connectivity index (χ0n) is 35.6. The second-order valence-corrected chi connectivity index (χ2v) is 20.1. The monoisotopic (exact) mass is 829 g/mol. The smallest absolute Gasteiger partial charge is 0.407 e. The third-order valence-corrected chi connectivity index (χ3v) is 14.6. The summed E-state index contributed by atoms with van der Waals surface area (Å²) in [6.07, 6.45) is 2.78. The Bertz CT molecular complexity index is 1600. The lowest BCUT2D eigenvalue weighted by Crippen LogP contribution is -2.61. The molecule has 10 rings (SSSR count). The highest BCUT2D eigenvalue weighted by Gasteiger charge is 2.68. The summed E-state index contributed by atoms with van der Waals surface area (Å²) in [5.74, 6) is -0.821. The minimum atomic E-state index is -0.935. The summed E-state index contributed by atoms with van der Waals surface area (Å²) < 4.78 is 65.7. The van der Waals surface area contributed by atoms with Crippen molar-refractivity contribution in [1.29, 1.82) is 0 Å². The van der Waals surface area contributed by atoms with Gasteiger partial charge in [-0.25, -0.2) is 4.79 Å². The number of Topliss-reactive ketones (excluding diaryl/α,β-unsaturated/α-hetero) is 1. The number of aliphatic hydroxyl groups excluding tert-OH is 1. The van der Waals surface area contributed by atoms with E-state index in [0.29, 0.717) is 25.7 Å². The largest absolute Gasteiger partial charge is 0.444 e. The Morgan fingerprint density at radius 1 is 0.831 bits per heavy atom. The van der Waals surface area contributed by atoms with Gasteiger partial charge in [-0.2, -0.15) is 0 Å². The Morgan fingerprint density at radius 3 is 2.36 bits per heavy atom. The van der Waals surface area contributed by atoms with E-state index in [1.165, 1.54) is 0 Å². The van der Waals surface area contributed by atoms with Gasteiger partial charge in [0, 0.05) is 58.1 Å². The van der Waals surface area contributed by atoms with Gasteiger partial charge in [0.2, 0.25) is 0 Å². The maximum atomic E-state index is 14.2. The van der Waals surface area contributed by atoms with Gasteiger partial charge < -0.3 is 57.8 Å². The van der Waals surface area contributed by atoms with Crippen LogP contribution in [0.15, 0.2) is 24.3 Å². The van der Waals surface area contributed by atoms with Crippen LogP contribution < -0.4 is 5.32 Å². The fourth-order valence-electron chi connectivity index (χ4n) is 11.8. The van der Waals surface area contributed by atoms with Crippen molar-refractivity contribution >= 4 is 11.9 Å². The number of alkyl carbamates (subject to hydrolysis) is 1. The zero-order chi connectivity index (χ0) is 41.4. The number of hydrogen-bond acceptors (Lipinski definition) is 13. The summed E-state index contributed by atoms with van der Waals surface area (Å²) in [6, 6.07) is 0. The Hall–Kier alpha value is -1.98. The van der Waals surface area contributed by atoms with Gasteiger partial charge in [0.15, 0.2) is 5.79 Å². The van der Waals surface area contributed by atoms with Gasteiger partial charge >= 0.3 is 6.09 Å². The number of fused-ring (bicyclic) bond motifs is 6. The highest BCUT2D eigenvalue weighted by Crippen LogP contribution is 2.54. The van der Waals surface area contributed by atoms with Crippen LogP contribution in [0.1, 0.15) is 111 Å². The molecule has 10 heterocycles. The number of aliphatic hydroxyl groups is 1. The lowest BCUT2D eigenvalue weighted by atomic mass is 9.81. The molecule has 14 nitrogen and oxygen atoms in total. The van der Waals surface area contributed by atoms with E-state index in [9.17, 15) is 14.7 Å². The highest BCUT2D eigenvalue weighted by atomic mass is 16.8. The number of carbonyl (C=O) groups excluding carboxylic acids is 2. The van der Waals surface area contributed by atoms with E-state index in [-0.39, 0.29) is 117 Å². The fourth-order valence-corrected chi connectivity index (χ4v) is 11.8. The van der Waals surface area contributed by atoms with Crippen molar-refractivity contribution in [3.63, 3.8) is 0 Å². The molecule has 2 N–H and O–H groups in total. The van der Waals surface area contributed by atoms with Crippen molar-refractivity contribution in [2.75, 3.05) is 13.7 Å². The van der Waals surface area contributed by atoms with Crippen molar-refractivity contribution in [3.8, 4) is 0 Å². The van der Waals surface area contributed by atoms with Crippen LogP contribution in [-0.2, 0) is 52.2 Å². The molecule has 10 saturated heterocycles. The van der Waals surface area contributed by atoms with Gasteiger partial charge in [-0.05, 0) is 82.8 Å². The molecule has 0 aromatic carbocycles. The van der Waals surface area contributed by atoms with E-state index < -0.39 is 41.9 Å². The van der Waals surface area contributed by atoms with Crippen LogP contribution in [0.2, 0.25) is 0 Å². The first-order chi connectivity index (χ1) is 28.1. The molecule has 1 amide bonds. The van der Waals surface area contributed by atoms with Crippen LogP contribution in [0.25, 0.3) is 0 Å². The molecule has 10 aliphatic rings. The number of methoxy groups -OCH3 is 1. The van der Waals surface area contributed by atoms with Crippen LogP contribution in [-0.4, -0.2) is 140 Å². The van der Waals surface area contributed by atoms with Crippen LogP contribution in [0, 0.1) is 11.8 Å². The molecule has 1 spiro atoms. The first kappa shape index (κ1) is 42.3. The predicted molar refractivity (Wildman–Crippen MR) is 211 cm³/mol. The fraction of sp³-hybridized carbons (Fsp3) is 0.867. The number of ketones is 1. The summed E-state index contributed by atoms with van der Waals surface area (Å²) in [6.45, 7) is 16.5. The minimum absolute atomic E-state index is 0.000416. The molecule has 59 heavy (non-hydrogen) atoms. The first-order valence-electron chi connectivity index (χ1n) is 22.5. The molecule has 19 unspecified atom stereocenters. The van der Waals surface area contributed by atoms with Crippen LogP contribution in [0.5, 0.6) is 0 Å². The number of carbonyl (C=O) groups is 2. The van der Waals surface area contributed by atoms with Crippen molar-refractivity contribution in [2.45, 2.75) is 220 Å². The lowest BCUT2D eigenvalue weighted by Gasteiger charge is -2.47. The molecular formula is C45H67NO13. The highest BCUT2D eigenvalue weighted by molar-refractivity contribution is 5.79. The van der Waals surface area contributed by atoms with Gasteiger partial charge in [-0.1, -0.05) is 20.1 Å². The van der Waals surface area contributed by atoms with Crippen molar-refractivity contribution in [2.24, 2.45) is 11.8 Å². The van der Waals surface area contributed by atoms with Gasteiger partial charge in [-0.3, -0.25) is 4.79 Å². The van der Waals surface area contributed by atoms with E-state index in [4.69, 9.17) is 47.4 Å². The molecule has 330 valence electrons. The second kappa shape index (κ2) is 16.6. The van der Waals surface area contributed by atoms with Crippen LogP contribution in [0.4, 0.5) is 4.79 Å². The summed E-state index contributed by atoms with van der Waals surface area (Å²) in [5.41, 5.74) is 1.48. The first-order valence-corrected chi connectivity index (χ1v) is 22.5. The molecule has 0 aromatic heterocycles. The van der Waals surface area contributed by atoms with Crippen LogP contribution >= 0.6 is 0 Å². The number of ether oxygens (including phenoxy) is 10. The molecule has 0 saturated carbocycles. The Labute approximate surface area is 348 Å². The lowest BCUT2D eigenvalue weighted by molar-refractivity contribution is -0.292. The second-order valence-electron chi connectivity index (χ2n) is 20.1. The van der Waals surface area contributed by atoms with Gasteiger partial charge in [0.05, 0.1) is 67.1 Å². The summed E-state index contributed by atoms with van der Waals surface area (Å²) in [5, 5.41) is 13.8. The van der Waals surface area contributed by atoms with E-state index in [2.05, 4.69) is 25.4 Å². The normalized spacial score (nSPS) is 47.7. The summed E-state index contributed by atoms with van der Waals surface area (Å²) in [7, 11) is 1.63. The third-order valence-electron chi connectivity index (χ3n) is 14.6. The zero-order valence-corrected chi connectivity index (χ0v) is 35.6.